The van der Waals surface area contributed by atoms with E-state index in [0.717, 1.165) is 62.4 Å². The molecular weight excluding hydrogens is 626 g/mol. The second-order valence-electron chi connectivity index (χ2n) is 10.2. The lowest BCUT2D eigenvalue weighted by molar-refractivity contribution is 0.0698. The van der Waals surface area contributed by atoms with Crippen molar-refractivity contribution in [2.24, 2.45) is 0 Å². The maximum Gasteiger partial charge on any atom is 0.337 e. The standard InChI is InChI=1S/C28H31N3O4.2CH4O3S/c1-2-30-14-16-31(17-15-30)13-12-20-8-11-26(32)24(18-20)27(33)29-25-19-22(9-10-23(25)28(34)35)21-6-4-3-5-7-21;2*1-5(2,3)4/h3-11,18-19,32H,2,12-17H2,1H3,(H,29,33)(H,34,35);2*1H3,(H,2,3,4). The van der Waals surface area contributed by atoms with E-state index in [1.807, 2.05) is 36.4 Å². The van der Waals surface area contributed by atoms with Gasteiger partial charge in [-0.15, -0.1) is 0 Å². The minimum absolute atomic E-state index is 0.0140. The van der Waals surface area contributed by atoms with Crippen LogP contribution in [0.4, 0.5) is 5.69 Å². The monoisotopic (exact) mass is 665 g/mol. The summed E-state index contributed by atoms with van der Waals surface area (Å²) in [6.45, 7) is 8.30. The number of likely N-dealkylation sites (N-methyl/N-ethyl adjacent to an activating group) is 1. The molecule has 0 spiro atoms. The second kappa shape index (κ2) is 17.0. The van der Waals surface area contributed by atoms with Gasteiger partial charge < -0.3 is 25.3 Å². The van der Waals surface area contributed by atoms with Crippen molar-refractivity contribution in [2.45, 2.75) is 13.3 Å². The van der Waals surface area contributed by atoms with Gasteiger partial charge in [-0.25, -0.2) is 4.79 Å². The molecule has 13 nitrogen and oxygen atoms in total. The number of anilines is 1. The average Bonchev–Trinajstić information content (AvgIpc) is 2.95. The van der Waals surface area contributed by atoms with Gasteiger partial charge in [0.1, 0.15) is 5.75 Å². The van der Waals surface area contributed by atoms with Gasteiger partial charge >= 0.3 is 5.97 Å². The molecule has 1 heterocycles. The van der Waals surface area contributed by atoms with Crippen LogP contribution in [0, 0.1) is 0 Å². The molecule has 0 aromatic heterocycles. The number of carbonyl (C=O) groups is 2. The first-order valence-corrected chi connectivity index (χ1v) is 17.5. The topological polar surface area (TPSA) is 202 Å². The number of carbonyl (C=O) groups excluding carboxylic acids is 1. The van der Waals surface area contributed by atoms with Crippen molar-refractivity contribution in [3.05, 3.63) is 83.4 Å². The zero-order valence-electron chi connectivity index (χ0n) is 25.2. The molecule has 1 aliphatic heterocycles. The molecule has 0 atom stereocenters. The lowest BCUT2D eigenvalue weighted by atomic mass is 10.0. The van der Waals surface area contributed by atoms with Crippen molar-refractivity contribution in [2.75, 3.05) is 57.1 Å². The molecular formula is C30H39N3O10S2. The van der Waals surface area contributed by atoms with E-state index >= 15 is 0 Å². The number of aromatic carboxylic acids is 1. The molecule has 1 aliphatic rings. The van der Waals surface area contributed by atoms with Crippen LogP contribution < -0.4 is 5.32 Å². The molecule has 0 aliphatic carbocycles. The van der Waals surface area contributed by atoms with Crippen molar-refractivity contribution < 1.29 is 45.7 Å². The first-order valence-electron chi connectivity index (χ1n) is 13.8. The fourth-order valence-corrected chi connectivity index (χ4v) is 4.37. The van der Waals surface area contributed by atoms with E-state index in [-0.39, 0.29) is 22.6 Å². The van der Waals surface area contributed by atoms with Gasteiger partial charge in [-0.3, -0.25) is 13.9 Å². The van der Waals surface area contributed by atoms with Crippen LogP contribution >= 0.6 is 0 Å². The minimum atomic E-state index is -3.67. The Morgan fingerprint density at radius 2 is 1.33 bits per heavy atom. The second-order valence-corrected chi connectivity index (χ2v) is 13.2. The number of phenolic OH excluding ortho intramolecular Hbond substituents is 1. The summed E-state index contributed by atoms with van der Waals surface area (Å²) in [5.41, 5.74) is 2.93. The highest BCUT2D eigenvalue weighted by Crippen LogP contribution is 2.28. The number of hydrogen-bond donors (Lipinski definition) is 5. The predicted octanol–water partition coefficient (Wildman–Crippen LogP) is 3.20. The molecule has 4 rings (SSSR count). The van der Waals surface area contributed by atoms with Crippen molar-refractivity contribution in [1.82, 2.24) is 9.80 Å². The van der Waals surface area contributed by atoms with Gasteiger partial charge in [-0.2, -0.15) is 16.8 Å². The molecule has 1 saturated heterocycles. The summed E-state index contributed by atoms with van der Waals surface area (Å²) >= 11 is 0. The summed E-state index contributed by atoms with van der Waals surface area (Å²) in [6.07, 6.45) is 2.19. The molecule has 1 amide bonds. The third-order valence-electron chi connectivity index (χ3n) is 6.54. The van der Waals surface area contributed by atoms with E-state index < -0.39 is 32.1 Å². The van der Waals surface area contributed by atoms with Crippen molar-refractivity contribution in [1.29, 1.82) is 0 Å². The fourth-order valence-electron chi connectivity index (χ4n) is 4.37. The maximum absolute atomic E-state index is 13.1. The summed E-state index contributed by atoms with van der Waals surface area (Å²) in [7, 11) is -7.33. The zero-order chi connectivity index (χ0) is 33.8. The van der Waals surface area contributed by atoms with E-state index in [1.54, 1.807) is 18.2 Å². The van der Waals surface area contributed by atoms with E-state index in [4.69, 9.17) is 9.11 Å². The fraction of sp³-hybridized carbons (Fsp3) is 0.333. The molecule has 0 radical (unpaired) electrons. The van der Waals surface area contributed by atoms with Crippen LogP contribution in [-0.4, -0.2) is 110 Å². The molecule has 1 fully saturated rings. The summed E-state index contributed by atoms with van der Waals surface area (Å²) in [5.74, 6) is -1.83. The summed E-state index contributed by atoms with van der Waals surface area (Å²) < 4.78 is 51.7. The molecule has 3 aromatic rings. The van der Waals surface area contributed by atoms with Crippen LogP contribution in [0.25, 0.3) is 11.1 Å². The Hall–Kier alpha value is -3.86. The van der Waals surface area contributed by atoms with Crippen molar-refractivity contribution in [3.63, 3.8) is 0 Å². The van der Waals surface area contributed by atoms with Crippen LogP contribution in [-0.2, 0) is 26.7 Å². The van der Waals surface area contributed by atoms with Crippen LogP contribution in [0.15, 0.2) is 66.7 Å². The number of nitrogens with zero attached hydrogens (tertiary/aromatic N) is 2. The van der Waals surface area contributed by atoms with Crippen LogP contribution in [0.5, 0.6) is 5.75 Å². The molecule has 3 aromatic carbocycles. The predicted molar refractivity (Wildman–Crippen MR) is 172 cm³/mol. The third kappa shape index (κ3) is 14.6. The van der Waals surface area contributed by atoms with Gasteiger partial charge in [-0.1, -0.05) is 49.4 Å². The number of phenols is 1. The van der Waals surface area contributed by atoms with E-state index in [1.165, 1.54) is 12.1 Å². The Morgan fingerprint density at radius 1 is 0.778 bits per heavy atom. The highest BCUT2D eigenvalue weighted by atomic mass is 32.2. The number of nitrogens with one attached hydrogen (secondary N) is 1. The average molecular weight is 666 g/mol. The molecule has 5 N–H and O–H groups in total. The number of hydrogen-bond acceptors (Lipinski definition) is 9. The summed E-state index contributed by atoms with van der Waals surface area (Å²) in [4.78, 5) is 29.7. The van der Waals surface area contributed by atoms with Gasteiger partial charge in [0.25, 0.3) is 26.1 Å². The van der Waals surface area contributed by atoms with Gasteiger partial charge in [0.05, 0.1) is 29.3 Å². The Morgan fingerprint density at radius 3 is 1.87 bits per heavy atom. The number of benzene rings is 3. The van der Waals surface area contributed by atoms with Gasteiger partial charge in [0.2, 0.25) is 0 Å². The molecule has 246 valence electrons. The first kappa shape index (κ1) is 37.3. The van der Waals surface area contributed by atoms with Gasteiger partial charge in [0.15, 0.2) is 0 Å². The van der Waals surface area contributed by atoms with E-state index in [9.17, 15) is 36.6 Å². The SMILES string of the molecule is CCN1CCN(CCc2ccc(O)c(C(=O)Nc3cc(-c4ccccc4)ccc3C(=O)O)c2)CC1.CS(=O)(=O)O.CS(=O)(=O)O. The number of carboxylic acid groups (broad SMARTS) is 1. The molecule has 0 unspecified atom stereocenters. The van der Waals surface area contributed by atoms with Crippen LogP contribution in [0.3, 0.4) is 0 Å². The largest absolute Gasteiger partial charge is 0.507 e. The maximum atomic E-state index is 13.1. The first-order chi connectivity index (χ1) is 20.9. The van der Waals surface area contributed by atoms with Crippen LogP contribution in [0.2, 0.25) is 0 Å². The zero-order valence-corrected chi connectivity index (χ0v) is 26.9. The number of piperazine rings is 1. The Kier molecular flexibility index (Phi) is 14.1. The molecule has 0 bridgehead atoms. The highest BCUT2D eigenvalue weighted by molar-refractivity contribution is 7.85. The third-order valence-corrected chi connectivity index (χ3v) is 6.54. The van der Waals surface area contributed by atoms with Crippen molar-refractivity contribution >= 4 is 37.8 Å². The van der Waals surface area contributed by atoms with Crippen molar-refractivity contribution in [3.8, 4) is 16.9 Å². The Balaban J connectivity index is 0.000000613. The highest BCUT2D eigenvalue weighted by Gasteiger charge is 2.19. The van der Waals surface area contributed by atoms with Gasteiger partial charge in [0, 0.05) is 32.7 Å². The Bertz CT molecular complexity index is 1610. The minimum Gasteiger partial charge on any atom is -0.507 e. The normalized spacial score (nSPS) is 13.9. The molecule has 0 saturated carbocycles. The smallest absolute Gasteiger partial charge is 0.337 e. The summed E-state index contributed by atoms with van der Waals surface area (Å²) in [6, 6.07) is 19.4. The Labute approximate surface area is 263 Å². The van der Waals surface area contributed by atoms with Gasteiger partial charge in [-0.05, 0) is 53.9 Å². The lowest BCUT2D eigenvalue weighted by Crippen LogP contribution is -2.46. The number of aromatic hydroxyl groups is 1. The number of rotatable bonds is 8. The lowest BCUT2D eigenvalue weighted by Gasteiger charge is -2.34. The van der Waals surface area contributed by atoms with E-state index in [2.05, 4.69) is 22.0 Å². The number of carboxylic acids is 1. The molecule has 45 heavy (non-hydrogen) atoms. The van der Waals surface area contributed by atoms with Crippen LogP contribution in [0.1, 0.15) is 33.2 Å². The summed E-state index contributed by atoms with van der Waals surface area (Å²) in [5, 5.41) is 22.7. The quantitative estimate of drug-likeness (QED) is 0.220. The number of amides is 1. The van der Waals surface area contributed by atoms with E-state index in [0.29, 0.717) is 12.5 Å². The molecule has 15 heteroatoms.